The van der Waals surface area contributed by atoms with Crippen LogP contribution in [0.15, 0.2) is 36.1 Å². The van der Waals surface area contributed by atoms with Crippen molar-refractivity contribution in [1.29, 1.82) is 0 Å². The minimum Gasteiger partial charge on any atom is -0.507 e. The third-order valence-corrected chi connectivity index (χ3v) is 5.61. The molecule has 0 amide bonds. The van der Waals surface area contributed by atoms with E-state index < -0.39 is 0 Å². The van der Waals surface area contributed by atoms with Crippen LogP contribution in [0.2, 0.25) is 0 Å². The number of hydrogen-bond acceptors (Lipinski definition) is 5. The molecule has 2 aliphatic heterocycles. The molecule has 1 saturated heterocycles. The topological polar surface area (TPSA) is 69.4 Å². The number of ketones is 1. The van der Waals surface area contributed by atoms with Crippen molar-refractivity contribution in [3.63, 3.8) is 0 Å². The largest absolute Gasteiger partial charge is 0.507 e. The molecule has 1 fully saturated rings. The first-order valence-electron chi connectivity index (χ1n) is 9.95. The Morgan fingerprint density at radius 1 is 1.07 bits per heavy atom. The van der Waals surface area contributed by atoms with E-state index in [1.54, 1.807) is 44.6 Å². The highest BCUT2D eigenvalue weighted by molar-refractivity contribution is 6.15. The summed E-state index contributed by atoms with van der Waals surface area (Å²) in [6.45, 7) is 2.81. The van der Waals surface area contributed by atoms with E-state index in [1.807, 2.05) is 6.07 Å². The molecule has 0 atom stereocenters. The van der Waals surface area contributed by atoms with Crippen LogP contribution < -0.4 is 19.1 Å². The van der Waals surface area contributed by atoms with Gasteiger partial charge >= 0.3 is 0 Å². The number of benzene rings is 2. The molecule has 0 aliphatic carbocycles. The number of likely N-dealkylation sites (tertiary alicyclic amines) is 1. The van der Waals surface area contributed by atoms with E-state index >= 15 is 0 Å². The maximum absolute atomic E-state index is 12.9. The Labute approximate surface area is 170 Å². The average molecular weight is 396 g/mol. The summed E-state index contributed by atoms with van der Waals surface area (Å²) in [6, 6.07) is 8.65. The summed E-state index contributed by atoms with van der Waals surface area (Å²) in [5, 5.41) is 10.4. The number of Topliss-reactive ketones (excluding diaryl/α,β-unsaturated/α-hetero) is 1. The molecule has 2 aliphatic rings. The smallest absolute Gasteiger partial charge is 0.231 e. The van der Waals surface area contributed by atoms with Crippen LogP contribution in [-0.2, 0) is 6.54 Å². The Hall–Kier alpha value is -2.99. The van der Waals surface area contributed by atoms with Crippen LogP contribution in [0.4, 0.5) is 0 Å². The first-order chi connectivity index (χ1) is 14.1. The molecule has 6 nitrogen and oxygen atoms in total. The van der Waals surface area contributed by atoms with Crippen LogP contribution in [-0.4, -0.2) is 38.2 Å². The Bertz CT molecular complexity index is 960. The number of aromatic hydroxyl groups is 1. The highest BCUT2D eigenvalue weighted by Crippen LogP contribution is 2.39. The van der Waals surface area contributed by atoms with Crippen molar-refractivity contribution in [2.45, 2.75) is 25.8 Å². The number of quaternary nitrogens is 1. The first kappa shape index (κ1) is 19.3. The predicted molar refractivity (Wildman–Crippen MR) is 109 cm³/mol. The van der Waals surface area contributed by atoms with Gasteiger partial charge in [0.05, 0.1) is 38.4 Å². The number of methoxy groups -OCH3 is 2. The second-order valence-electron chi connectivity index (χ2n) is 7.48. The van der Waals surface area contributed by atoms with Crippen molar-refractivity contribution in [2.75, 3.05) is 27.3 Å². The Kier molecular flexibility index (Phi) is 5.45. The molecule has 4 rings (SSSR count). The minimum atomic E-state index is -0.176. The summed E-state index contributed by atoms with van der Waals surface area (Å²) in [5.74, 6) is 1.93. The van der Waals surface area contributed by atoms with E-state index in [0.29, 0.717) is 34.9 Å². The number of carbonyl (C=O) groups is 1. The maximum atomic E-state index is 12.9. The number of fused-ring (bicyclic) bond motifs is 1. The number of phenolic OH excluding ortho intramolecular Hbond substituents is 1. The third kappa shape index (κ3) is 3.80. The van der Waals surface area contributed by atoms with Gasteiger partial charge in [0, 0.05) is 0 Å². The summed E-state index contributed by atoms with van der Waals surface area (Å²) < 4.78 is 16.6. The number of rotatable bonds is 5. The fourth-order valence-electron chi connectivity index (χ4n) is 4.04. The molecular formula is C23H26NO5+. The van der Waals surface area contributed by atoms with E-state index in [0.717, 1.165) is 18.7 Å². The number of ether oxygens (including phenoxy) is 3. The summed E-state index contributed by atoms with van der Waals surface area (Å²) in [4.78, 5) is 14.3. The standard InChI is InChI=1S/C23H25NO5/c1-27-19-9-6-15(12-20(19)28-2)13-21-22(26)16-7-8-18(25)17(23(16)29-21)14-24-10-4-3-5-11-24/h6-9,12-13,25H,3-5,10-11,14H2,1-2H3/p+1/b21-13-. The Balaban J connectivity index is 1.64. The van der Waals surface area contributed by atoms with Crippen molar-refractivity contribution < 1.29 is 29.0 Å². The first-order valence-corrected chi connectivity index (χ1v) is 9.95. The van der Waals surface area contributed by atoms with Gasteiger partial charge in [0.1, 0.15) is 12.3 Å². The number of carbonyl (C=O) groups excluding carboxylic acids is 1. The summed E-state index contributed by atoms with van der Waals surface area (Å²) in [5.41, 5.74) is 1.98. The van der Waals surface area contributed by atoms with Crippen molar-refractivity contribution >= 4 is 11.9 Å². The van der Waals surface area contributed by atoms with Gasteiger partial charge in [0.2, 0.25) is 5.78 Å². The number of nitrogens with one attached hydrogen (secondary N) is 1. The molecule has 2 aromatic carbocycles. The van der Waals surface area contributed by atoms with Gasteiger partial charge in [-0.2, -0.15) is 0 Å². The SMILES string of the molecule is COc1ccc(/C=C2\Oc3c(ccc(O)c3C[NH+]3CCCCC3)C2=O)cc1OC. The maximum Gasteiger partial charge on any atom is 0.231 e. The second kappa shape index (κ2) is 8.17. The van der Waals surface area contributed by atoms with Crippen molar-refractivity contribution in [1.82, 2.24) is 0 Å². The quantitative estimate of drug-likeness (QED) is 0.761. The number of hydrogen-bond donors (Lipinski definition) is 2. The molecule has 2 N–H and O–H groups in total. The summed E-state index contributed by atoms with van der Waals surface area (Å²) in [7, 11) is 3.15. The zero-order valence-electron chi connectivity index (χ0n) is 16.8. The molecule has 0 spiro atoms. The summed E-state index contributed by atoms with van der Waals surface area (Å²) in [6.07, 6.45) is 5.33. The van der Waals surface area contributed by atoms with Crippen LogP contribution in [0.5, 0.6) is 23.0 Å². The molecule has 0 saturated carbocycles. The number of piperidine rings is 1. The molecule has 2 aromatic rings. The van der Waals surface area contributed by atoms with Gasteiger partial charge in [0.15, 0.2) is 23.0 Å². The predicted octanol–water partition coefficient (Wildman–Crippen LogP) is 2.59. The van der Waals surface area contributed by atoms with E-state index in [9.17, 15) is 9.90 Å². The Morgan fingerprint density at radius 3 is 2.55 bits per heavy atom. The van der Waals surface area contributed by atoms with E-state index in [2.05, 4.69) is 0 Å². The van der Waals surface area contributed by atoms with Crippen LogP contribution >= 0.6 is 0 Å². The zero-order valence-corrected chi connectivity index (χ0v) is 16.8. The molecule has 0 unspecified atom stereocenters. The zero-order chi connectivity index (χ0) is 20.4. The van der Waals surface area contributed by atoms with Gasteiger partial charge in [-0.15, -0.1) is 0 Å². The van der Waals surface area contributed by atoms with Gasteiger partial charge in [0.25, 0.3) is 0 Å². The average Bonchev–Trinajstić information content (AvgIpc) is 3.06. The van der Waals surface area contributed by atoms with Crippen molar-refractivity contribution in [3.05, 3.63) is 52.8 Å². The normalized spacial score (nSPS) is 17.9. The van der Waals surface area contributed by atoms with Crippen LogP contribution in [0.25, 0.3) is 6.08 Å². The van der Waals surface area contributed by atoms with Crippen LogP contribution in [0.1, 0.15) is 40.7 Å². The molecular weight excluding hydrogens is 370 g/mol. The van der Waals surface area contributed by atoms with Gasteiger partial charge < -0.3 is 24.2 Å². The van der Waals surface area contributed by atoms with Crippen molar-refractivity contribution in [3.8, 4) is 23.0 Å². The van der Waals surface area contributed by atoms with E-state index in [-0.39, 0.29) is 17.3 Å². The fourth-order valence-corrected chi connectivity index (χ4v) is 4.04. The molecule has 152 valence electrons. The summed E-state index contributed by atoms with van der Waals surface area (Å²) >= 11 is 0. The van der Waals surface area contributed by atoms with Crippen LogP contribution in [0, 0.1) is 0 Å². The lowest BCUT2D eigenvalue weighted by atomic mass is 10.0. The highest BCUT2D eigenvalue weighted by atomic mass is 16.5. The van der Waals surface area contributed by atoms with Gasteiger partial charge in [-0.05, 0) is 55.2 Å². The fraction of sp³-hybridized carbons (Fsp3) is 0.348. The number of phenols is 1. The monoisotopic (exact) mass is 396 g/mol. The van der Waals surface area contributed by atoms with Gasteiger partial charge in [-0.25, -0.2) is 0 Å². The molecule has 0 bridgehead atoms. The highest BCUT2D eigenvalue weighted by Gasteiger charge is 2.32. The van der Waals surface area contributed by atoms with E-state index in [1.165, 1.54) is 24.2 Å². The molecule has 29 heavy (non-hydrogen) atoms. The van der Waals surface area contributed by atoms with Gasteiger partial charge in [-0.3, -0.25) is 4.79 Å². The van der Waals surface area contributed by atoms with Crippen LogP contribution in [0.3, 0.4) is 0 Å². The molecule has 2 heterocycles. The lowest BCUT2D eigenvalue weighted by molar-refractivity contribution is -0.918. The lowest BCUT2D eigenvalue weighted by Gasteiger charge is -2.24. The second-order valence-corrected chi connectivity index (χ2v) is 7.48. The molecule has 6 heteroatoms. The minimum absolute atomic E-state index is 0.176. The third-order valence-electron chi connectivity index (χ3n) is 5.61. The lowest BCUT2D eigenvalue weighted by Crippen LogP contribution is -3.11. The molecule has 0 aromatic heterocycles. The van der Waals surface area contributed by atoms with E-state index in [4.69, 9.17) is 14.2 Å². The van der Waals surface area contributed by atoms with Crippen molar-refractivity contribution in [2.24, 2.45) is 0 Å². The van der Waals surface area contributed by atoms with Gasteiger partial charge in [-0.1, -0.05) is 6.07 Å². The molecule has 0 radical (unpaired) electrons. The Morgan fingerprint density at radius 2 is 1.83 bits per heavy atom. The number of allylic oxidation sites excluding steroid dienone is 1.